The van der Waals surface area contributed by atoms with Gasteiger partial charge < -0.3 is 35.6 Å². The number of carbonyl (C=O) groups is 1. The molecule has 11 nitrogen and oxygen atoms in total. The molecule has 0 fully saturated rings. The van der Waals surface area contributed by atoms with E-state index in [-0.39, 0.29) is 5.91 Å². The van der Waals surface area contributed by atoms with E-state index in [0.717, 1.165) is 26.8 Å². The van der Waals surface area contributed by atoms with Crippen LogP contribution in [-0.4, -0.2) is 47.2 Å². The minimum absolute atomic E-state index is 0.0738. The van der Waals surface area contributed by atoms with Crippen LogP contribution in [0.5, 0.6) is 17.2 Å². The molecule has 3 aromatic heterocycles. The fourth-order valence-corrected chi connectivity index (χ4v) is 5.81. The van der Waals surface area contributed by atoms with Crippen LogP contribution in [0.25, 0.3) is 21.1 Å². The lowest BCUT2D eigenvalue weighted by molar-refractivity contribution is -0.116. The number of ether oxygens (including phenoxy) is 3. The quantitative estimate of drug-likeness (QED) is 0.158. The zero-order chi connectivity index (χ0) is 28.1. The summed E-state index contributed by atoms with van der Waals surface area (Å²) in [7, 11) is 4.68. The van der Waals surface area contributed by atoms with Gasteiger partial charge in [-0.2, -0.15) is 0 Å². The Labute approximate surface area is 238 Å². The molecular formula is C27H27N7O4S2. The highest BCUT2D eigenvalue weighted by atomic mass is 32.1. The molecule has 0 saturated heterocycles. The zero-order valence-electron chi connectivity index (χ0n) is 22.0. The highest BCUT2D eigenvalue weighted by molar-refractivity contribution is 7.23. The van der Waals surface area contributed by atoms with Gasteiger partial charge in [0, 0.05) is 52.8 Å². The number of nitrogens with one attached hydrogen (secondary N) is 3. The Morgan fingerprint density at radius 1 is 1.05 bits per heavy atom. The SMILES string of the molecule is COc1cc(Nc2nc(N)c(-c3nc(-c4cccc(NC(=O)CCc5cnc[nH]5)c4)cs3)s2)cc(OC)c1OC. The number of carbonyl (C=O) groups excluding carboxylic acids is 1. The number of rotatable bonds is 11. The number of benzene rings is 2. The maximum Gasteiger partial charge on any atom is 0.224 e. The first-order chi connectivity index (χ1) is 19.5. The van der Waals surface area contributed by atoms with Gasteiger partial charge >= 0.3 is 0 Å². The van der Waals surface area contributed by atoms with Gasteiger partial charge in [-0.3, -0.25) is 4.79 Å². The topological polar surface area (TPSA) is 149 Å². The summed E-state index contributed by atoms with van der Waals surface area (Å²) in [4.78, 5) is 29.4. The Morgan fingerprint density at radius 2 is 1.85 bits per heavy atom. The minimum atomic E-state index is -0.0738. The molecule has 1 amide bonds. The van der Waals surface area contributed by atoms with Crippen LogP contribution >= 0.6 is 22.7 Å². The smallest absolute Gasteiger partial charge is 0.224 e. The third kappa shape index (κ3) is 6.00. The molecule has 5 rings (SSSR count). The van der Waals surface area contributed by atoms with Crippen molar-refractivity contribution in [3.8, 4) is 38.4 Å². The van der Waals surface area contributed by atoms with Crippen LogP contribution in [0.4, 0.5) is 22.3 Å². The molecule has 0 aliphatic rings. The summed E-state index contributed by atoms with van der Waals surface area (Å²) < 4.78 is 16.3. The standard InChI is InChI=1S/C27H27N7O4S2/c1-36-20-10-18(11-21(37-2)23(20)38-3)32-27-34-25(28)24(40-27)26-33-19(13-39-26)15-5-4-6-16(9-15)31-22(35)8-7-17-12-29-14-30-17/h4-6,9-14H,7-8,28H2,1-3H3,(H,29,30)(H,31,35)(H,32,34). The molecule has 5 aromatic rings. The predicted octanol–water partition coefficient (Wildman–Crippen LogP) is 5.58. The number of aromatic nitrogens is 4. The monoisotopic (exact) mass is 577 g/mol. The van der Waals surface area contributed by atoms with Crippen molar-refractivity contribution in [2.75, 3.05) is 37.7 Å². The van der Waals surface area contributed by atoms with Crippen molar-refractivity contribution >= 4 is 50.9 Å². The average molecular weight is 578 g/mol. The van der Waals surface area contributed by atoms with Gasteiger partial charge in [0.05, 0.1) is 33.4 Å². The second-order valence-corrected chi connectivity index (χ2v) is 10.4. The molecule has 206 valence electrons. The van der Waals surface area contributed by atoms with Gasteiger partial charge in [0.2, 0.25) is 11.7 Å². The molecule has 0 unspecified atom stereocenters. The lowest BCUT2D eigenvalue weighted by atomic mass is 10.1. The number of aryl methyl sites for hydroxylation is 1. The molecule has 0 spiro atoms. The summed E-state index contributed by atoms with van der Waals surface area (Å²) in [5.74, 6) is 1.85. The Hall–Kier alpha value is -4.62. The Bertz CT molecular complexity index is 1590. The number of aromatic amines is 1. The first-order valence-electron chi connectivity index (χ1n) is 12.1. The van der Waals surface area contributed by atoms with E-state index < -0.39 is 0 Å². The van der Waals surface area contributed by atoms with Crippen LogP contribution in [0.1, 0.15) is 12.1 Å². The summed E-state index contributed by atoms with van der Waals surface area (Å²) in [6, 6.07) is 11.2. The van der Waals surface area contributed by atoms with Gasteiger partial charge in [-0.25, -0.2) is 15.0 Å². The normalized spacial score (nSPS) is 10.8. The highest BCUT2D eigenvalue weighted by Crippen LogP contribution is 2.43. The number of hydrogen-bond acceptors (Lipinski definition) is 11. The molecule has 0 bridgehead atoms. The van der Waals surface area contributed by atoms with E-state index >= 15 is 0 Å². The number of nitrogens with two attached hydrogens (primary N) is 1. The van der Waals surface area contributed by atoms with Crippen molar-refractivity contribution in [1.29, 1.82) is 0 Å². The van der Waals surface area contributed by atoms with Crippen LogP contribution in [0.3, 0.4) is 0 Å². The van der Waals surface area contributed by atoms with Crippen molar-refractivity contribution in [1.82, 2.24) is 19.9 Å². The van der Waals surface area contributed by atoms with Gasteiger partial charge in [-0.05, 0) is 18.6 Å². The van der Waals surface area contributed by atoms with Gasteiger partial charge in [0.1, 0.15) is 15.7 Å². The Morgan fingerprint density at radius 3 is 2.55 bits per heavy atom. The van der Waals surface area contributed by atoms with Gasteiger partial charge in [-0.1, -0.05) is 23.5 Å². The van der Waals surface area contributed by atoms with Gasteiger partial charge in [0.15, 0.2) is 16.6 Å². The molecule has 0 aliphatic heterocycles. The summed E-state index contributed by atoms with van der Waals surface area (Å²) in [6.45, 7) is 0. The maximum absolute atomic E-state index is 12.4. The van der Waals surface area contributed by atoms with Crippen LogP contribution in [0.15, 0.2) is 54.3 Å². The minimum Gasteiger partial charge on any atom is -0.493 e. The molecule has 3 heterocycles. The molecule has 0 radical (unpaired) electrons. The van der Waals surface area contributed by atoms with Crippen molar-refractivity contribution in [3.05, 3.63) is 60.0 Å². The van der Waals surface area contributed by atoms with Gasteiger partial charge in [0.25, 0.3) is 0 Å². The summed E-state index contributed by atoms with van der Waals surface area (Å²) in [5, 5.41) is 9.52. The van der Waals surface area contributed by atoms with E-state index in [4.69, 9.17) is 24.9 Å². The van der Waals surface area contributed by atoms with E-state index in [0.29, 0.717) is 52.4 Å². The van der Waals surface area contributed by atoms with Crippen molar-refractivity contribution in [2.45, 2.75) is 12.8 Å². The second-order valence-electron chi connectivity index (χ2n) is 8.52. The predicted molar refractivity (Wildman–Crippen MR) is 158 cm³/mol. The lowest BCUT2D eigenvalue weighted by Crippen LogP contribution is -2.12. The molecule has 0 saturated carbocycles. The third-order valence-electron chi connectivity index (χ3n) is 5.89. The van der Waals surface area contributed by atoms with E-state index in [2.05, 4.69) is 25.6 Å². The molecule has 40 heavy (non-hydrogen) atoms. The summed E-state index contributed by atoms with van der Waals surface area (Å²) in [6.07, 6.45) is 4.26. The number of nitrogens with zero attached hydrogens (tertiary/aromatic N) is 3. The highest BCUT2D eigenvalue weighted by Gasteiger charge is 2.18. The fraction of sp³-hybridized carbons (Fsp3) is 0.185. The average Bonchev–Trinajstić information content (AvgIpc) is 3.73. The van der Waals surface area contributed by atoms with Crippen molar-refractivity contribution < 1.29 is 19.0 Å². The van der Waals surface area contributed by atoms with Crippen LogP contribution in [-0.2, 0) is 11.2 Å². The number of imidazole rings is 1. The first-order valence-corrected chi connectivity index (χ1v) is 13.8. The number of nitrogen functional groups attached to an aromatic ring is 1. The Kier molecular flexibility index (Phi) is 8.12. The third-order valence-corrected chi connectivity index (χ3v) is 7.87. The summed E-state index contributed by atoms with van der Waals surface area (Å²) in [5.41, 5.74) is 10.3. The number of anilines is 4. The molecule has 0 aliphatic carbocycles. The van der Waals surface area contributed by atoms with Crippen LogP contribution in [0.2, 0.25) is 0 Å². The summed E-state index contributed by atoms with van der Waals surface area (Å²) >= 11 is 2.87. The number of H-pyrrole nitrogens is 1. The van der Waals surface area contributed by atoms with Crippen molar-refractivity contribution in [2.24, 2.45) is 0 Å². The van der Waals surface area contributed by atoms with E-state index in [1.54, 1.807) is 46.0 Å². The number of methoxy groups -OCH3 is 3. The molecular weight excluding hydrogens is 550 g/mol. The Balaban J connectivity index is 1.30. The maximum atomic E-state index is 12.4. The van der Waals surface area contributed by atoms with Gasteiger partial charge in [-0.15, -0.1) is 11.3 Å². The molecule has 0 atom stereocenters. The van der Waals surface area contributed by atoms with Crippen LogP contribution in [0, 0.1) is 0 Å². The first kappa shape index (κ1) is 27.0. The largest absolute Gasteiger partial charge is 0.493 e. The van der Waals surface area contributed by atoms with E-state index in [1.807, 2.05) is 29.6 Å². The molecule has 5 N–H and O–H groups in total. The van der Waals surface area contributed by atoms with Crippen molar-refractivity contribution in [3.63, 3.8) is 0 Å². The second kappa shape index (κ2) is 12.1. The van der Waals surface area contributed by atoms with E-state index in [9.17, 15) is 4.79 Å². The number of hydrogen-bond donors (Lipinski definition) is 4. The molecule has 13 heteroatoms. The van der Waals surface area contributed by atoms with Crippen LogP contribution < -0.4 is 30.6 Å². The number of thiazole rings is 2. The van der Waals surface area contributed by atoms with E-state index in [1.165, 1.54) is 22.7 Å². The zero-order valence-corrected chi connectivity index (χ0v) is 23.6. The fourth-order valence-electron chi connectivity index (χ4n) is 3.98. The molecule has 2 aromatic carbocycles. The number of amides is 1. The lowest BCUT2D eigenvalue weighted by Gasteiger charge is -2.14.